The second-order valence-corrected chi connectivity index (χ2v) is 11.5. The van der Waals surface area contributed by atoms with Crippen molar-refractivity contribution >= 4 is 27.1 Å². The van der Waals surface area contributed by atoms with Crippen LogP contribution in [0.3, 0.4) is 0 Å². The molecular weight excluding hydrogens is 476 g/mol. The molecule has 4 rings (SSSR count). The molecule has 2 fully saturated rings. The third-order valence-corrected chi connectivity index (χ3v) is 8.85. The van der Waals surface area contributed by atoms with Gasteiger partial charge in [-0.3, -0.25) is 0 Å². The van der Waals surface area contributed by atoms with Crippen LogP contribution >= 0.6 is 0 Å². The second kappa shape index (κ2) is 12.1. The molecule has 2 aliphatic rings. The van der Waals surface area contributed by atoms with Gasteiger partial charge in [0.2, 0.25) is 10.0 Å². The summed E-state index contributed by atoms with van der Waals surface area (Å²) in [7, 11) is -1.65. The summed E-state index contributed by atoms with van der Waals surface area (Å²) in [6, 6.07) is 16.2. The highest BCUT2D eigenvalue weighted by Gasteiger charge is 2.36. The van der Waals surface area contributed by atoms with E-state index in [9.17, 15) is 8.42 Å². The van der Waals surface area contributed by atoms with Crippen molar-refractivity contribution in [1.82, 2.24) is 4.72 Å². The number of rotatable bonds is 12. The van der Waals surface area contributed by atoms with Crippen LogP contribution in [0.15, 0.2) is 42.5 Å². The minimum atomic E-state index is -3.28. The van der Waals surface area contributed by atoms with Gasteiger partial charge in [0.1, 0.15) is 0 Å². The Bertz CT molecular complexity index is 1150. The van der Waals surface area contributed by atoms with Gasteiger partial charge in [0.15, 0.2) is 0 Å². The van der Waals surface area contributed by atoms with Gasteiger partial charge in [-0.1, -0.05) is 6.07 Å². The van der Waals surface area contributed by atoms with Crippen LogP contribution in [0.5, 0.6) is 0 Å². The van der Waals surface area contributed by atoms with Crippen LogP contribution in [0.2, 0.25) is 0 Å². The number of nitrogens with one attached hydrogen (secondary N) is 2. The lowest BCUT2D eigenvalue weighted by molar-refractivity contribution is 0.0846. The fourth-order valence-corrected chi connectivity index (χ4v) is 6.18. The summed E-state index contributed by atoms with van der Waals surface area (Å²) in [6.07, 6.45) is 3.41. The average Bonchev–Trinajstić information content (AvgIpc) is 3.75. The van der Waals surface area contributed by atoms with Gasteiger partial charge >= 0.3 is 0 Å². The van der Waals surface area contributed by atoms with E-state index >= 15 is 0 Å². The summed E-state index contributed by atoms with van der Waals surface area (Å²) >= 11 is 0. The molecule has 0 aromatic heterocycles. The number of nitriles is 1. The summed E-state index contributed by atoms with van der Waals surface area (Å²) < 4.78 is 38.8. The predicted octanol–water partition coefficient (Wildman–Crippen LogP) is 4.12. The maximum Gasteiger partial charge on any atom is 0.214 e. The summed E-state index contributed by atoms with van der Waals surface area (Å²) in [6.45, 7) is 5.23. The van der Waals surface area contributed by atoms with Gasteiger partial charge in [0, 0.05) is 51.1 Å². The summed E-state index contributed by atoms with van der Waals surface area (Å²) in [5.74, 6) is -0.128. The average molecular weight is 513 g/mol. The highest BCUT2D eigenvalue weighted by atomic mass is 32.2. The number of hydrogen-bond donors (Lipinski definition) is 2. The van der Waals surface area contributed by atoms with E-state index in [0.29, 0.717) is 24.8 Å². The van der Waals surface area contributed by atoms with Gasteiger partial charge in [0.25, 0.3) is 0 Å². The Morgan fingerprint density at radius 3 is 2.47 bits per heavy atom. The zero-order valence-electron chi connectivity index (χ0n) is 21.1. The van der Waals surface area contributed by atoms with Gasteiger partial charge in [-0.05, 0) is 74.6 Å². The van der Waals surface area contributed by atoms with Crippen molar-refractivity contribution in [2.45, 2.75) is 49.8 Å². The molecule has 9 heteroatoms. The van der Waals surface area contributed by atoms with Crippen LogP contribution in [0.4, 0.5) is 17.1 Å². The van der Waals surface area contributed by atoms with E-state index < -0.39 is 10.0 Å². The lowest BCUT2D eigenvalue weighted by atomic mass is 9.97. The quantitative estimate of drug-likeness (QED) is 0.441. The topological polar surface area (TPSA) is 104 Å². The molecule has 1 atom stereocenters. The van der Waals surface area contributed by atoms with Gasteiger partial charge in [0.05, 0.1) is 34.9 Å². The number of sulfonamides is 1. The van der Waals surface area contributed by atoms with Crippen molar-refractivity contribution in [1.29, 1.82) is 5.26 Å². The fraction of sp³-hybridized carbons (Fsp3) is 0.519. The molecular formula is C27H36N4O4S. The minimum Gasteiger partial charge on any atom is -0.384 e. The van der Waals surface area contributed by atoms with Crippen LogP contribution < -0.4 is 14.9 Å². The van der Waals surface area contributed by atoms with E-state index in [1.165, 1.54) is 0 Å². The zero-order valence-corrected chi connectivity index (χ0v) is 21.9. The first-order valence-corrected chi connectivity index (χ1v) is 14.2. The molecule has 1 saturated carbocycles. The van der Waals surface area contributed by atoms with Crippen molar-refractivity contribution in [3.63, 3.8) is 0 Å². The summed E-state index contributed by atoms with van der Waals surface area (Å²) in [4.78, 5) is 2.42. The van der Waals surface area contributed by atoms with E-state index in [2.05, 4.69) is 46.1 Å². The lowest BCUT2D eigenvalue weighted by Gasteiger charge is -2.37. The molecule has 2 aromatic rings. The highest BCUT2D eigenvalue weighted by molar-refractivity contribution is 7.90. The Balaban J connectivity index is 1.65. The normalized spacial score (nSPS) is 17.4. The van der Waals surface area contributed by atoms with E-state index in [0.717, 1.165) is 68.1 Å². The summed E-state index contributed by atoms with van der Waals surface area (Å²) in [5, 5.41) is 12.5. The Kier molecular flexibility index (Phi) is 8.86. The molecule has 2 N–H and O–H groups in total. The first-order chi connectivity index (χ1) is 17.4. The SMILES string of the molecule is CCN(c1ccc(C(CNS(=O)(=O)C2CC2)COC)cc1Nc1ccc(C#N)cc1)C1CCOCC1. The highest BCUT2D eigenvalue weighted by Crippen LogP contribution is 2.35. The van der Waals surface area contributed by atoms with Crippen LogP contribution in [0, 0.1) is 11.3 Å². The smallest absolute Gasteiger partial charge is 0.214 e. The van der Waals surface area contributed by atoms with Crippen LogP contribution in [0.25, 0.3) is 0 Å². The fourth-order valence-electron chi connectivity index (χ4n) is 4.75. The number of ether oxygens (including phenoxy) is 2. The summed E-state index contributed by atoms with van der Waals surface area (Å²) in [5.41, 5.74) is 4.52. The first-order valence-electron chi connectivity index (χ1n) is 12.7. The van der Waals surface area contributed by atoms with Crippen LogP contribution in [0.1, 0.15) is 49.7 Å². The second-order valence-electron chi connectivity index (χ2n) is 9.47. The van der Waals surface area contributed by atoms with E-state index in [4.69, 9.17) is 14.7 Å². The molecule has 0 amide bonds. The van der Waals surface area contributed by atoms with Gasteiger partial charge in [-0.25, -0.2) is 13.1 Å². The first kappa shape index (κ1) is 26.4. The van der Waals surface area contributed by atoms with E-state index in [1.807, 2.05) is 12.1 Å². The van der Waals surface area contributed by atoms with Crippen molar-refractivity contribution < 1.29 is 17.9 Å². The Labute approximate surface area is 214 Å². The number of nitrogens with zero attached hydrogens (tertiary/aromatic N) is 2. The van der Waals surface area contributed by atoms with Gasteiger partial charge < -0.3 is 19.7 Å². The molecule has 0 bridgehead atoms. The Hall–Kier alpha value is -2.64. The van der Waals surface area contributed by atoms with E-state index in [-0.39, 0.29) is 11.2 Å². The van der Waals surface area contributed by atoms with Crippen molar-refractivity contribution in [2.75, 3.05) is 50.2 Å². The molecule has 0 radical (unpaired) electrons. The maximum atomic E-state index is 12.4. The minimum absolute atomic E-state index is 0.128. The lowest BCUT2D eigenvalue weighted by Crippen LogP contribution is -2.39. The zero-order chi connectivity index (χ0) is 25.5. The molecule has 194 valence electrons. The number of methoxy groups -OCH3 is 1. The molecule has 2 aromatic carbocycles. The number of anilines is 3. The van der Waals surface area contributed by atoms with E-state index in [1.54, 1.807) is 19.2 Å². The Morgan fingerprint density at radius 2 is 1.86 bits per heavy atom. The van der Waals surface area contributed by atoms with Gasteiger partial charge in [-0.15, -0.1) is 0 Å². The van der Waals surface area contributed by atoms with Crippen molar-refractivity contribution in [3.05, 3.63) is 53.6 Å². The van der Waals surface area contributed by atoms with Crippen molar-refractivity contribution in [2.24, 2.45) is 0 Å². The van der Waals surface area contributed by atoms with Crippen LogP contribution in [-0.4, -0.2) is 59.7 Å². The van der Waals surface area contributed by atoms with Gasteiger partial charge in [-0.2, -0.15) is 5.26 Å². The molecule has 1 saturated heterocycles. The maximum absolute atomic E-state index is 12.4. The monoisotopic (exact) mass is 512 g/mol. The molecule has 1 heterocycles. The third-order valence-electron chi connectivity index (χ3n) is 6.93. The molecule has 8 nitrogen and oxygen atoms in total. The number of benzene rings is 2. The predicted molar refractivity (Wildman–Crippen MR) is 142 cm³/mol. The third kappa shape index (κ3) is 6.56. The molecule has 36 heavy (non-hydrogen) atoms. The number of hydrogen-bond acceptors (Lipinski definition) is 7. The molecule has 0 spiro atoms. The molecule has 1 aliphatic heterocycles. The van der Waals surface area contributed by atoms with Crippen LogP contribution in [-0.2, 0) is 19.5 Å². The van der Waals surface area contributed by atoms with Crippen molar-refractivity contribution in [3.8, 4) is 6.07 Å². The Morgan fingerprint density at radius 1 is 1.14 bits per heavy atom. The largest absolute Gasteiger partial charge is 0.384 e. The molecule has 1 unspecified atom stereocenters. The standard InChI is InChI=1S/C27H36N4O4S/c1-3-31(24-12-14-35-15-13-24)27-11-6-21(16-26(27)30-23-7-4-20(17-28)5-8-23)22(19-34-2)18-29-36(32,33)25-9-10-25/h4-8,11,16,22,24-25,29-30H,3,9-10,12-15,18-19H2,1-2H3. The molecule has 1 aliphatic carbocycles.